The first kappa shape index (κ1) is 15.5. The molecule has 4 nitrogen and oxygen atoms in total. The molecule has 114 valence electrons. The molecule has 2 aliphatic rings. The average Bonchev–Trinajstić information content (AvgIpc) is 2.45. The molecular formula is C16H28N2O2. The van der Waals surface area contributed by atoms with E-state index in [0.717, 1.165) is 32.4 Å². The lowest BCUT2D eigenvalue weighted by atomic mass is 9.46. The van der Waals surface area contributed by atoms with Crippen molar-refractivity contribution in [3.63, 3.8) is 0 Å². The van der Waals surface area contributed by atoms with Gasteiger partial charge in [-0.05, 0) is 19.3 Å². The Morgan fingerprint density at radius 3 is 2.85 bits per heavy atom. The summed E-state index contributed by atoms with van der Waals surface area (Å²) in [7, 11) is 0. The quantitative estimate of drug-likeness (QED) is 0.783. The van der Waals surface area contributed by atoms with E-state index in [4.69, 9.17) is 10.5 Å². The second-order valence-corrected chi connectivity index (χ2v) is 6.67. The van der Waals surface area contributed by atoms with Crippen molar-refractivity contribution in [3.05, 3.63) is 12.7 Å². The minimum atomic E-state index is -0.795. The summed E-state index contributed by atoms with van der Waals surface area (Å²) in [6.07, 6.45) is 4.82. The number of nitrogens with two attached hydrogens (primary N) is 1. The molecule has 2 rings (SSSR count). The van der Waals surface area contributed by atoms with Gasteiger partial charge >= 0.3 is 0 Å². The van der Waals surface area contributed by atoms with Gasteiger partial charge in [-0.15, -0.1) is 6.58 Å². The Morgan fingerprint density at radius 1 is 1.55 bits per heavy atom. The van der Waals surface area contributed by atoms with Crippen LogP contribution < -0.4 is 5.73 Å². The monoisotopic (exact) mass is 280 g/mol. The first-order chi connectivity index (χ1) is 9.41. The molecule has 4 heteroatoms. The molecule has 20 heavy (non-hydrogen) atoms. The Kier molecular flexibility index (Phi) is 4.26. The third-order valence-electron chi connectivity index (χ3n) is 5.17. The van der Waals surface area contributed by atoms with Gasteiger partial charge in [0, 0.05) is 31.0 Å². The summed E-state index contributed by atoms with van der Waals surface area (Å²) in [6, 6.07) is 0. The highest BCUT2D eigenvalue weighted by atomic mass is 16.5. The van der Waals surface area contributed by atoms with Crippen LogP contribution in [0, 0.1) is 11.3 Å². The third kappa shape index (κ3) is 2.01. The Morgan fingerprint density at radius 2 is 2.25 bits per heavy atom. The van der Waals surface area contributed by atoms with Crippen LogP contribution >= 0.6 is 0 Å². The number of fused-ring (bicyclic) bond motifs is 1. The number of carbonyl (C=O) groups excluding carboxylic acids is 1. The van der Waals surface area contributed by atoms with Crippen LogP contribution in [0.3, 0.4) is 0 Å². The number of hydrogen-bond acceptors (Lipinski definition) is 3. The summed E-state index contributed by atoms with van der Waals surface area (Å²) in [5.41, 5.74) is 5.54. The second kappa shape index (κ2) is 5.49. The van der Waals surface area contributed by atoms with Crippen molar-refractivity contribution >= 4 is 5.91 Å². The summed E-state index contributed by atoms with van der Waals surface area (Å²) in [5, 5.41) is 0. The van der Waals surface area contributed by atoms with Crippen molar-refractivity contribution in [2.45, 2.75) is 51.7 Å². The number of hydrogen-bond donors (Lipinski definition) is 1. The van der Waals surface area contributed by atoms with Gasteiger partial charge in [0.1, 0.15) is 5.54 Å². The molecule has 1 amide bonds. The Labute approximate surface area is 122 Å². The van der Waals surface area contributed by atoms with Crippen molar-refractivity contribution in [2.75, 3.05) is 19.7 Å². The van der Waals surface area contributed by atoms with Gasteiger partial charge in [-0.3, -0.25) is 4.79 Å². The standard InChI is InChI=1S/C16H28N2O2/c1-5-9-18(10-6-2)14(19)16(17)12-8-7-11-20-13(12)15(16,3)4/h5,12-13H,1,6-11,17H2,2-4H3. The zero-order valence-electron chi connectivity index (χ0n) is 13.0. The van der Waals surface area contributed by atoms with E-state index < -0.39 is 5.54 Å². The van der Waals surface area contributed by atoms with E-state index in [1.54, 1.807) is 6.08 Å². The summed E-state index contributed by atoms with van der Waals surface area (Å²) < 4.78 is 5.87. The molecule has 0 bridgehead atoms. The molecular weight excluding hydrogens is 252 g/mol. The number of amides is 1. The van der Waals surface area contributed by atoms with Crippen molar-refractivity contribution in [2.24, 2.45) is 17.1 Å². The van der Waals surface area contributed by atoms with Crippen LogP contribution in [-0.4, -0.2) is 42.1 Å². The lowest BCUT2D eigenvalue weighted by Gasteiger charge is -2.65. The van der Waals surface area contributed by atoms with Crippen LogP contribution in [-0.2, 0) is 9.53 Å². The zero-order valence-corrected chi connectivity index (χ0v) is 13.0. The number of carbonyl (C=O) groups is 1. The Balaban J connectivity index is 2.23. The summed E-state index contributed by atoms with van der Waals surface area (Å²) in [4.78, 5) is 14.8. The summed E-state index contributed by atoms with van der Waals surface area (Å²) in [6.45, 7) is 12.0. The van der Waals surface area contributed by atoms with E-state index in [1.807, 2.05) is 4.90 Å². The van der Waals surface area contributed by atoms with Crippen LogP contribution in [0.1, 0.15) is 40.0 Å². The van der Waals surface area contributed by atoms with Crippen LogP contribution in [0.2, 0.25) is 0 Å². The van der Waals surface area contributed by atoms with Crippen LogP contribution in [0.15, 0.2) is 12.7 Å². The summed E-state index contributed by atoms with van der Waals surface area (Å²) in [5.74, 6) is 0.221. The van der Waals surface area contributed by atoms with Gasteiger partial charge in [-0.2, -0.15) is 0 Å². The maximum atomic E-state index is 13.0. The van der Waals surface area contributed by atoms with Gasteiger partial charge in [0.05, 0.1) is 6.10 Å². The maximum absolute atomic E-state index is 13.0. The Hall–Kier alpha value is -0.870. The second-order valence-electron chi connectivity index (χ2n) is 6.67. The predicted octanol–water partition coefficient (Wildman–Crippen LogP) is 1.94. The van der Waals surface area contributed by atoms with E-state index in [1.165, 1.54) is 0 Å². The fourth-order valence-corrected chi connectivity index (χ4v) is 3.97. The van der Waals surface area contributed by atoms with Crippen molar-refractivity contribution in [3.8, 4) is 0 Å². The van der Waals surface area contributed by atoms with Crippen molar-refractivity contribution in [1.29, 1.82) is 0 Å². The van der Waals surface area contributed by atoms with Crippen LogP contribution in [0.5, 0.6) is 0 Å². The first-order valence-electron chi connectivity index (χ1n) is 7.72. The predicted molar refractivity (Wildman–Crippen MR) is 80.2 cm³/mol. The molecule has 1 saturated heterocycles. The SMILES string of the molecule is C=CCN(CCC)C(=O)C1(N)C2CCCOC2C1(C)C. The van der Waals surface area contributed by atoms with Crippen LogP contribution in [0.25, 0.3) is 0 Å². The fraction of sp³-hybridized carbons (Fsp3) is 0.812. The van der Waals surface area contributed by atoms with E-state index in [-0.39, 0.29) is 23.3 Å². The normalized spacial score (nSPS) is 34.8. The third-order valence-corrected chi connectivity index (χ3v) is 5.17. The smallest absolute Gasteiger partial charge is 0.243 e. The lowest BCUT2D eigenvalue weighted by molar-refractivity contribution is -0.229. The van der Waals surface area contributed by atoms with E-state index >= 15 is 0 Å². The minimum Gasteiger partial charge on any atom is -0.377 e. The molecule has 1 aliphatic heterocycles. The van der Waals surface area contributed by atoms with Gasteiger partial charge in [-0.25, -0.2) is 0 Å². The van der Waals surface area contributed by atoms with Gasteiger partial charge in [0.25, 0.3) is 0 Å². The highest BCUT2D eigenvalue weighted by molar-refractivity contribution is 5.89. The van der Waals surface area contributed by atoms with Gasteiger partial charge < -0.3 is 15.4 Å². The minimum absolute atomic E-state index is 0.0657. The van der Waals surface area contributed by atoms with Crippen molar-refractivity contribution < 1.29 is 9.53 Å². The average molecular weight is 280 g/mol. The lowest BCUT2D eigenvalue weighted by Crippen LogP contribution is -2.82. The molecule has 0 aromatic rings. The number of ether oxygens (including phenoxy) is 1. The van der Waals surface area contributed by atoms with Crippen LogP contribution in [0.4, 0.5) is 0 Å². The molecule has 0 aromatic carbocycles. The van der Waals surface area contributed by atoms with Gasteiger partial charge in [-0.1, -0.05) is 26.8 Å². The number of rotatable bonds is 5. The molecule has 3 atom stereocenters. The van der Waals surface area contributed by atoms with Gasteiger partial charge in [0.15, 0.2) is 0 Å². The topological polar surface area (TPSA) is 55.6 Å². The molecule has 3 unspecified atom stereocenters. The molecule has 0 spiro atoms. The highest BCUT2D eigenvalue weighted by Gasteiger charge is 2.70. The molecule has 2 fully saturated rings. The van der Waals surface area contributed by atoms with E-state index in [0.29, 0.717) is 6.54 Å². The number of nitrogens with zero attached hydrogens (tertiary/aromatic N) is 1. The molecule has 0 radical (unpaired) electrons. The largest absolute Gasteiger partial charge is 0.377 e. The highest BCUT2D eigenvalue weighted by Crippen LogP contribution is 2.57. The maximum Gasteiger partial charge on any atom is 0.243 e. The molecule has 1 heterocycles. The van der Waals surface area contributed by atoms with E-state index in [9.17, 15) is 4.79 Å². The zero-order chi connectivity index (χ0) is 15.0. The van der Waals surface area contributed by atoms with Gasteiger partial charge in [0.2, 0.25) is 5.91 Å². The van der Waals surface area contributed by atoms with E-state index in [2.05, 4.69) is 27.4 Å². The summed E-state index contributed by atoms with van der Waals surface area (Å²) >= 11 is 0. The molecule has 0 aromatic heterocycles. The molecule has 1 saturated carbocycles. The van der Waals surface area contributed by atoms with Crippen molar-refractivity contribution in [1.82, 2.24) is 4.90 Å². The fourth-order valence-electron chi connectivity index (χ4n) is 3.97. The molecule has 1 aliphatic carbocycles. The Bertz CT molecular complexity index is 394. The molecule has 2 N–H and O–H groups in total. The first-order valence-corrected chi connectivity index (χ1v) is 7.72.